The molecule has 25 heavy (non-hydrogen) atoms. The smallest absolute Gasteiger partial charge is 0.338 e. The Morgan fingerprint density at radius 2 is 1.84 bits per heavy atom. The Bertz CT molecular complexity index is 801. The summed E-state index contributed by atoms with van der Waals surface area (Å²) < 4.78 is 10.1. The van der Waals surface area contributed by atoms with E-state index in [0.717, 1.165) is 5.56 Å². The van der Waals surface area contributed by atoms with Gasteiger partial charge in [0.1, 0.15) is 5.75 Å². The number of anilines is 1. The Kier molecular flexibility index (Phi) is 5.67. The molecule has 0 aliphatic rings. The molecule has 0 spiro atoms. The lowest BCUT2D eigenvalue weighted by Gasteiger charge is -2.11. The second-order valence-electron chi connectivity index (χ2n) is 5.13. The molecule has 0 fully saturated rings. The molecular formula is C17H16N2O6. The summed E-state index contributed by atoms with van der Waals surface area (Å²) in [4.78, 5) is 33.8. The summed E-state index contributed by atoms with van der Waals surface area (Å²) in [6.07, 6.45) is 0. The third-order valence-electron chi connectivity index (χ3n) is 3.28. The van der Waals surface area contributed by atoms with Crippen LogP contribution in [-0.4, -0.2) is 30.5 Å². The van der Waals surface area contributed by atoms with Gasteiger partial charge in [-0.15, -0.1) is 0 Å². The summed E-state index contributed by atoms with van der Waals surface area (Å²) in [5.41, 5.74) is 1.38. The highest BCUT2D eigenvalue weighted by Gasteiger charge is 2.13. The lowest BCUT2D eigenvalue weighted by molar-refractivity contribution is -0.384. The van der Waals surface area contributed by atoms with Crippen LogP contribution < -0.4 is 10.1 Å². The third kappa shape index (κ3) is 4.77. The van der Waals surface area contributed by atoms with E-state index >= 15 is 0 Å². The minimum absolute atomic E-state index is 0.117. The van der Waals surface area contributed by atoms with Gasteiger partial charge in [0.2, 0.25) is 0 Å². The molecule has 130 valence electrons. The van der Waals surface area contributed by atoms with Crippen molar-refractivity contribution in [1.82, 2.24) is 0 Å². The first-order chi connectivity index (χ1) is 11.9. The Morgan fingerprint density at radius 1 is 1.16 bits per heavy atom. The molecule has 0 radical (unpaired) electrons. The Hall–Kier alpha value is -3.42. The van der Waals surface area contributed by atoms with Gasteiger partial charge in [0.05, 0.1) is 23.3 Å². The zero-order valence-electron chi connectivity index (χ0n) is 13.6. The highest BCUT2D eigenvalue weighted by atomic mass is 16.6. The summed E-state index contributed by atoms with van der Waals surface area (Å²) in [5, 5.41) is 13.2. The van der Waals surface area contributed by atoms with Crippen molar-refractivity contribution in [3.63, 3.8) is 0 Å². The molecule has 8 nitrogen and oxygen atoms in total. The van der Waals surface area contributed by atoms with Crippen LogP contribution in [0.1, 0.15) is 15.9 Å². The molecular weight excluding hydrogens is 328 g/mol. The van der Waals surface area contributed by atoms with Gasteiger partial charge in [0, 0.05) is 12.1 Å². The molecule has 0 saturated carbocycles. The van der Waals surface area contributed by atoms with Crippen LogP contribution in [0, 0.1) is 17.0 Å². The van der Waals surface area contributed by atoms with Crippen molar-refractivity contribution in [2.75, 3.05) is 19.0 Å². The van der Waals surface area contributed by atoms with E-state index in [9.17, 15) is 19.7 Å². The summed E-state index contributed by atoms with van der Waals surface area (Å²) in [7, 11) is 1.48. The first-order valence-corrected chi connectivity index (χ1v) is 7.27. The number of esters is 1. The van der Waals surface area contributed by atoms with Crippen molar-refractivity contribution < 1.29 is 24.0 Å². The van der Waals surface area contributed by atoms with E-state index in [1.807, 2.05) is 13.0 Å². The van der Waals surface area contributed by atoms with E-state index in [-0.39, 0.29) is 11.3 Å². The molecule has 0 atom stereocenters. The van der Waals surface area contributed by atoms with E-state index in [2.05, 4.69) is 5.32 Å². The van der Waals surface area contributed by atoms with Crippen molar-refractivity contribution in [2.45, 2.75) is 6.92 Å². The molecule has 0 bridgehead atoms. The topological polar surface area (TPSA) is 108 Å². The quantitative estimate of drug-likeness (QED) is 0.490. The molecule has 1 amide bonds. The average molecular weight is 344 g/mol. The van der Waals surface area contributed by atoms with Crippen molar-refractivity contribution in [3.05, 3.63) is 63.7 Å². The molecule has 0 unspecified atom stereocenters. The number of methoxy groups -OCH3 is 1. The van der Waals surface area contributed by atoms with Crippen LogP contribution in [0.4, 0.5) is 11.4 Å². The summed E-state index contributed by atoms with van der Waals surface area (Å²) in [6.45, 7) is 1.37. The minimum Gasteiger partial charge on any atom is -0.495 e. The number of nitro benzene ring substituents is 1. The molecule has 0 heterocycles. The fourth-order valence-corrected chi connectivity index (χ4v) is 2.04. The Balaban J connectivity index is 1.94. The fraction of sp³-hybridized carbons (Fsp3) is 0.176. The van der Waals surface area contributed by atoms with E-state index in [1.165, 1.54) is 31.4 Å². The molecule has 1 N–H and O–H groups in total. The van der Waals surface area contributed by atoms with E-state index in [0.29, 0.717) is 11.4 Å². The Labute approximate surface area is 143 Å². The molecule has 0 aromatic heterocycles. The van der Waals surface area contributed by atoms with E-state index < -0.39 is 23.4 Å². The Morgan fingerprint density at radius 3 is 2.44 bits per heavy atom. The maximum atomic E-state index is 11.9. The van der Waals surface area contributed by atoms with E-state index in [1.54, 1.807) is 12.1 Å². The average Bonchev–Trinajstić information content (AvgIpc) is 2.60. The van der Waals surface area contributed by atoms with Gasteiger partial charge in [0.25, 0.3) is 11.6 Å². The van der Waals surface area contributed by atoms with Crippen molar-refractivity contribution in [3.8, 4) is 5.75 Å². The molecule has 0 saturated heterocycles. The van der Waals surface area contributed by atoms with Gasteiger partial charge >= 0.3 is 5.97 Å². The first-order valence-electron chi connectivity index (χ1n) is 7.27. The van der Waals surface area contributed by atoms with Gasteiger partial charge in [-0.05, 0) is 36.8 Å². The number of hydrogen-bond donors (Lipinski definition) is 1. The van der Waals surface area contributed by atoms with E-state index in [4.69, 9.17) is 9.47 Å². The van der Waals surface area contributed by atoms with Crippen molar-refractivity contribution >= 4 is 23.3 Å². The number of carbonyl (C=O) groups is 2. The van der Waals surface area contributed by atoms with Crippen LogP contribution in [0.25, 0.3) is 0 Å². The van der Waals surface area contributed by atoms with Gasteiger partial charge in [-0.25, -0.2) is 4.79 Å². The minimum atomic E-state index is -0.749. The van der Waals surface area contributed by atoms with Crippen LogP contribution in [-0.2, 0) is 9.53 Å². The fourth-order valence-electron chi connectivity index (χ4n) is 2.04. The number of nitrogens with zero attached hydrogens (tertiary/aromatic N) is 1. The number of nitro groups is 1. The molecule has 2 rings (SSSR count). The van der Waals surface area contributed by atoms with Gasteiger partial charge in [-0.2, -0.15) is 0 Å². The summed E-state index contributed by atoms with van der Waals surface area (Å²) >= 11 is 0. The lowest BCUT2D eigenvalue weighted by Crippen LogP contribution is -2.21. The molecule has 2 aromatic rings. The second-order valence-corrected chi connectivity index (χ2v) is 5.13. The largest absolute Gasteiger partial charge is 0.495 e. The number of nitrogens with one attached hydrogen (secondary N) is 1. The van der Waals surface area contributed by atoms with Crippen LogP contribution in [0.3, 0.4) is 0 Å². The van der Waals surface area contributed by atoms with Gasteiger partial charge in [0.15, 0.2) is 6.61 Å². The number of rotatable bonds is 6. The number of benzene rings is 2. The highest BCUT2D eigenvalue weighted by Crippen LogP contribution is 2.25. The summed E-state index contributed by atoms with van der Waals surface area (Å²) in [6, 6.07) is 10.2. The number of non-ortho nitro benzene ring substituents is 1. The highest BCUT2D eigenvalue weighted by molar-refractivity contribution is 5.96. The zero-order chi connectivity index (χ0) is 18.4. The predicted octanol–water partition coefficient (Wildman–Crippen LogP) is 2.71. The second kappa shape index (κ2) is 7.91. The normalized spacial score (nSPS) is 10.0. The number of ether oxygens (including phenoxy) is 2. The number of aryl methyl sites for hydroxylation is 1. The molecule has 8 heteroatoms. The maximum absolute atomic E-state index is 11.9. The monoisotopic (exact) mass is 344 g/mol. The number of amides is 1. The lowest BCUT2D eigenvalue weighted by atomic mass is 10.2. The standard InChI is InChI=1S/C17H16N2O6/c1-11-3-8-15(24-2)14(9-11)18-16(20)10-25-17(21)12-4-6-13(7-5-12)19(22)23/h3-9H,10H2,1-2H3,(H,18,20). The molecule has 2 aromatic carbocycles. The SMILES string of the molecule is COc1ccc(C)cc1NC(=O)COC(=O)c1ccc([N+](=O)[O-])cc1. The zero-order valence-corrected chi connectivity index (χ0v) is 13.6. The summed E-state index contributed by atoms with van der Waals surface area (Å²) in [5.74, 6) is -0.791. The van der Waals surface area contributed by atoms with Crippen LogP contribution in [0.2, 0.25) is 0 Å². The van der Waals surface area contributed by atoms with Gasteiger partial charge in [-0.1, -0.05) is 6.07 Å². The van der Waals surface area contributed by atoms with Crippen LogP contribution in [0.15, 0.2) is 42.5 Å². The number of carbonyl (C=O) groups excluding carboxylic acids is 2. The predicted molar refractivity (Wildman–Crippen MR) is 89.7 cm³/mol. The number of hydrogen-bond acceptors (Lipinski definition) is 6. The first kappa shape index (κ1) is 17.9. The van der Waals surface area contributed by atoms with Crippen LogP contribution >= 0.6 is 0 Å². The molecule has 0 aliphatic carbocycles. The van der Waals surface area contributed by atoms with Crippen LogP contribution in [0.5, 0.6) is 5.75 Å². The van der Waals surface area contributed by atoms with Gasteiger partial charge < -0.3 is 14.8 Å². The van der Waals surface area contributed by atoms with Crippen molar-refractivity contribution in [2.24, 2.45) is 0 Å². The van der Waals surface area contributed by atoms with Gasteiger partial charge in [-0.3, -0.25) is 14.9 Å². The maximum Gasteiger partial charge on any atom is 0.338 e. The third-order valence-corrected chi connectivity index (χ3v) is 3.28. The molecule has 0 aliphatic heterocycles. The van der Waals surface area contributed by atoms with Crippen molar-refractivity contribution in [1.29, 1.82) is 0 Å².